The van der Waals surface area contributed by atoms with E-state index in [0.29, 0.717) is 31.2 Å². The number of nitro benzene ring substituents is 1. The minimum absolute atomic E-state index is 0.131. The number of nitro groups is 1. The van der Waals surface area contributed by atoms with E-state index < -0.39 is 20.6 Å². The van der Waals surface area contributed by atoms with Gasteiger partial charge in [0.2, 0.25) is 15.9 Å². The van der Waals surface area contributed by atoms with E-state index in [9.17, 15) is 18.5 Å². The molecule has 146 valence electrons. The van der Waals surface area contributed by atoms with Gasteiger partial charge in [-0.1, -0.05) is 24.2 Å². The number of rotatable bonds is 6. The monoisotopic (exact) mass is 395 g/mol. The van der Waals surface area contributed by atoms with Crippen LogP contribution in [-0.4, -0.2) is 58.9 Å². The van der Waals surface area contributed by atoms with Gasteiger partial charge < -0.3 is 4.52 Å². The van der Waals surface area contributed by atoms with Gasteiger partial charge in [-0.3, -0.25) is 15.0 Å². The molecule has 1 aliphatic rings. The van der Waals surface area contributed by atoms with E-state index in [1.807, 2.05) is 13.8 Å². The molecule has 0 saturated carbocycles. The van der Waals surface area contributed by atoms with Crippen molar-refractivity contribution in [2.75, 3.05) is 26.2 Å². The molecule has 10 nitrogen and oxygen atoms in total. The van der Waals surface area contributed by atoms with E-state index in [2.05, 4.69) is 15.0 Å². The zero-order valence-electron chi connectivity index (χ0n) is 15.1. The Morgan fingerprint density at radius 3 is 2.52 bits per heavy atom. The average Bonchev–Trinajstić information content (AvgIpc) is 3.16. The molecule has 2 heterocycles. The molecule has 1 fully saturated rings. The minimum atomic E-state index is -3.94. The second kappa shape index (κ2) is 7.71. The number of para-hydroxylation sites is 1. The predicted molar refractivity (Wildman–Crippen MR) is 95.5 cm³/mol. The summed E-state index contributed by atoms with van der Waals surface area (Å²) in [4.78, 5) is 16.6. The fourth-order valence-electron chi connectivity index (χ4n) is 3.03. The van der Waals surface area contributed by atoms with E-state index in [-0.39, 0.29) is 24.0 Å². The molecule has 1 aromatic heterocycles. The Balaban J connectivity index is 1.72. The van der Waals surface area contributed by atoms with E-state index in [1.165, 1.54) is 28.6 Å². The van der Waals surface area contributed by atoms with Gasteiger partial charge >= 0.3 is 0 Å². The highest BCUT2D eigenvalue weighted by molar-refractivity contribution is 7.89. The van der Waals surface area contributed by atoms with E-state index in [0.717, 1.165) is 0 Å². The molecule has 0 amide bonds. The van der Waals surface area contributed by atoms with Gasteiger partial charge in [0.1, 0.15) is 0 Å². The molecule has 0 bridgehead atoms. The van der Waals surface area contributed by atoms with Crippen LogP contribution >= 0.6 is 0 Å². The normalized spacial score (nSPS) is 17.7. The SMILES string of the molecule is CCc1noc([C@@H](C)N2CCN(S(=O)(=O)c3ccccc3[N+](=O)[O-])CC2)n1. The molecular weight excluding hydrogens is 374 g/mol. The second-order valence-electron chi connectivity index (χ2n) is 6.24. The maximum Gasteiger partial charge on any atom is 0.289 e. The number of aromatic nitrogens is 2. The van der Waals surface area contributed by atoms with Crippen LogP contribution in [0.4, 0.5) is 5.69 Å². The molecule has 0 unspecified atom stereocenters. The van der Waals surface area contributed by atoms with Gasteiger partial charge in [0, 0.05) is 38.7 Å². The van der Waals surface area contributed by atoms with E-state index in [4.69, 9.17) is 4.52 Å². The van der Waals surface area contributed by atoms with Gasteiger partial charge in [-0.25, -0.2) is 8.42 Å². The molecule has 0 aliphatic carbocycles. The Labute approximate surface area is 157 Å². The number of hydrogen-bond donors (Lipinski definition) is 0. The van der Waals surface area contributed by atoms with Crippen LogP contribution in [0.15, 0.2) is 33.7 Å². The van der Waals surface area contributed by atoms with Crippen molar-refractivity contribution in [1.82, 2.24) is 19.3 Å². The van der Waals surface area contributed by atoms with Gasteiger partial charge in [-0.05, 0) is 13.0 Å². The van der Waals surface area contributed by atoms with Gasteiger partial charge in [0.05, 0.1) is 11.0 Å². The van der Waals surface area contributed by atoms with Gasteiger partial charge in [-0.15, -0.1) is 0 Å². The third-order valence-corrected chi connectivity index (χ3v) is 6.60. The molecule has 0 N–H and O–H groups in total. The highest BCUT2D eigenvalue weighted by atomic mass is 32.2. The summed E-state index contributed by atoms with van der Waals surface area (Å²) in [7, 11) is -3.94. The summed E-state index contributed by atoms with van der Waals surface area (Å²) in [6.45, 7) is 5.25. The topological polar surface area (TPSA) is 123 Å². The molecule has 0 radical (unpaired) electrons. The number of sulfonamides is 1. The molecular formula is C16H21N5O5S. The number of benzene rings is 1. The van der Waals surface area contributed by atoms with Crippen molar-refractivity contribution < 1.29 is 17.9 Å². The summed E-state index contributed by atoms with van der Waals surface area (Å²) in [5, 5.41) is 15.1. The Morgan fingerprint density at radius 1 is 1.26 bits per heavy atom. The molecule has 1 aromatic carbocycles. The highest BCUT2D eigenvalue weighted by Gasteiger charge is 2.35. The lowest BCUT2D eigenvalue weighted by Gasteiger charge is -2.35. The minimum Gasteiger partial charge on any atom is -0.338 e. The number of nitrogens with zero attached hydrogens (tertiary/aromatic N) is 5. The second-order valence-corrected chi connectivity index (χ2v) is 8.15. The number of hydrogen-bond acceptors (Lipinski definition) is 8. The largest absolute Gasteiger partial charge is 0.338 e. The lowest BCUT2D eigenvalue weighted by molar-refractivity contribution is -0.387. The summed E-state index contributed by atoms with van der Waals surface area (Å²) >= 11 is 0. The first kappa shape index (κ1) is 19.4. The maximum absolute atomic E-state index is 12.9. The van der Waals surface area contributed by atoms with Crippen LogP contribution in [0.25, 0.3) is 0 Å². The summed E-state index contributed by atoms with van der Waals surface area (Å²) < 4.78 is 32.3. The standard InChI is InChI=1S/C16H21N5O5S/c1-3-15-17-16(26-18-15)12(2)19-8-10-20(11-9-19)27(24,25)14-7-5-4-6-13(14)21(22)23/h4-7,12H,3,8-11H2,1-2H3/t12-/m1/s1. The first-order valence-electron chi connectivity index (χ1n) is 8.64. The zero-order valence-corrected chi connectivity index (χ0v) is 15.9. The Morgan fingerprint density at radius 2 is 1.93 bits per heavy atom. The molecule has 11 heteroatoms. The Kier molecular flexibility index (Phi) is 5.53. The number of aryl methyl sites for hydroxylation is 1. The summed E-state index contributed by atoms with van der Waals surface area (Å²) in [5.74, 6) is 1.14. The fraction of sp³-hybridized carbons (Fsp3) is 0.500. The van der Waals surface area contributed by atoms with Crippen LogP contribution in [0, 0.1) is 10.1 Å². The lowest BCUT2D eigenvalue weighted by Crippen LogP contribution is -2.49. The Bertz CT molecular complexity index is 921. The van der Waals surface area contributed by atoms with Crippen molar-refractivity contribution in [2.45, 2.75) is 31.2 Å². The average molecular weight is 395 g/mol. The first-order valence-corrected chi connectivity index (χ1v) is 10.1. The zero-order chi connectivity index (χ0) is 19.6. The third-order valence-electron chi connectivity index (χ3n) is 4.66. The molecule has 1 atom stereocenters. The van der Waals surface area contributed by atoms with E-state index >= 15 is 0 Å². The van der Waals surface area contributed by atoms with Crippen molar-refractivity contribution >= 4 is 15.7 Å². The summed E-state index contributed by atoms with van der Waals surface area (Å²) in [5.41, 5.74) is -0.411. The maximum atomic E-state index is 12.9. The van der Waals surface area contributed by atoms with Crippen molar-refractivity contribution in [3.8, 4) is 0 Å². The lowest BCUT2D eigenvalue weighted by atomic mass is 10.2. The molecule has 1 aliphatic heterocycles. The van der Waals surface area contributed by atoms with Crippen molar-refractivity contribution in [2.24, 2.45) is 0 Å². The van der Waals surface area contributed by atoms with Crippen LogP contribution in [0.5, 0.6) is 0 Å². The van der Waals surface area contributed by atoms with Crippen LogP contribution in [0.2, 0.25) is 0 Å². The fourth-order valence-corrected chi connectivity index (χ4v) is 4.61. The molecule has 0 spiro atoms. The smallest absolute Gasteiger partial charge is 0.289 e. The quantitative estimate of drug-likeness (QED) is 0.534. The molecule has 3 rings (SSSR count). The van der Waals surface area contributed by atoms with E-state index in [1.54, 1.807) is 0 Å². The highest BCUT2D eigenvalue weighted by Crippen LogP contribution is 2.28. The Hall–Kier alpha value is -2.37. The summed E-state index contributed by atoms with van der Waals surface area (Å²) in [6, 6.07) is 5.28. The van der Waals surface area contributed by atoms with Crippen molar-refractivity contribution in [3.05, 3.63) is 46.1 Å². The molecule has 2 aromatic rings. The van der Waals surface area contributed by atoms with Crippen LogP contribution in [-0.2, 0) is 16.4 Å². The van der Waals surface area contributed by atoms with Gasteiger partial charge in [0.25, 0.3) is 5.69 Å². The van der Waals surface area contributed by atoms with Crippen molar-refractivity contribution in [3.63, 3.8) is 0 Å². The third kappa shape index (κ3) is 3.84. The first-order chi connectivity index (χ1) is 12.8. The van der Waals surface area contributed by atoms with Crippen molar-refractivity contribution in [1.29, 1.82) is 0 Å². The summed E-state index contributed by atoms with van der Waals surface area (Å²) in [6.07, 6.45) is 0.679. The number of piperazine rings is 1. The van der Waals surface area contributed by atoms with Gasteiger partial charge in [0.15, 0.2) is 10.7 Å². The predicted octanol–water partition coefficient (Wildman–Crippen LogP) is 1.61. The van der Waals surface area contributed by atoms with Crippen LogP contribution in [0.3, 0.4) is 0 Å². The van der Waals surface area contributed by atoms with Gasteiger partial charge in [-0.2, -0.15) is 9.29 Å². The molecule has 1 saturated heterocycles. The molecule has 27 heavy (non-hydrogen) atoms. The van der Waals surface area contributed by atoms with Crippen LogP contribution < -0.4 is 0 Å². The van der Waals surface area contributed by atoms with Crippen LogP contribution in [0.1, 0.15) is 31.6 Å².